The molecule has 3 heterocycles. The molecule has 1 aliphatic heterocycles. The van der Waals surface area contributed by atoms with E-state index in [1.807, 2.05) is 18.2 Å². The average molecular weight is 456 g/mol. The molecule has 2 aromatic heterocycles. The van der Waals surface area contributed by atoms with Crippen molar-refractivity contribution in [3.63, 3.8) is 0 Å². The van der Waals surface area contributed by atoms with Crippen LogP contribution in [0.5, 0.6) is 11.5 Å². The summed E-state index contributed by atoms with van der Waals surface area (Å²) in [7, 11) is 2.97. The van der Waals surface area contributed by atoms with Crippen LogP contribution in [0.3, 0.4) is 0 Å². The summed E-state index contributed by atoms with van der Waals surface area (Å²) in [6.45, 7) is 0. The minimum Gasteiger partial charge on any atom is -0.507 e. The molecule has 0 bridgehead atoms. The van der Waals surface area contributed by atoms with E-state index < -0.39 is 17.7 Å². The van der Waals surface area contributed by atoms with E-state index >= 15 is 0 Å². The number of para-hydroxylation sites is 2. The summed E-state index contributed by atoms with van der Waals surface area (Å²) in [6, 6.07) is 14.5. The normalized spacial score (nSPS) is 17.4. The number of hydrogen-bond acceptors (Lipinski definition) is 7. The molecule has 1 aliphatic rings. The molecule has 1 amide bonds. The smallest absolute Gasteiger partial charge is 0.302 e. The highest BCUT2D eigenvalue weighted by Crippen LogP contribution is 2.42. The van der Waals surface area contributed by atoms with Crippen LogP contribution < -0.4 is 14.4 Å². The van der Waals surface area contributed by atoms with E-state index in [9.17, 15) is 14.7 Å². The lowest BCUT2D eigenvalue weighted by molar-refractivity contribution is -0.132. The topological polar surface area (TPSA) is 118 Å². The number of fused-ring (bicyclic) bond motifs is 1. The van der Waals surface area contributed by atoms with Crippen LogP contribution in [-0.4, -0.2) is 46.0 Å². The van der Waals surface area contributed by atoms with Gasteiger partial charge in [0, 0.05) is 18.0 Å². The Balaban J connectivity index is 1.71. The molecule has 9 heteroatoms. The number of anilines is 1. The highest BCUT2D eigenvalue weighted by molar-refractivity contribution is 6.51. The monoisotopic (exact) mass is 456 g/mol. The summed E-state index contributed by atoms with van der Waals surface area (Å²) in [5.41, 5.74) is 2.12. The standard InChI is InChI=1S/C25H20N4O5/c1-33-18-10-9-14(12-19(18)34-2)22(30)20-21(15-6-5-11-26-13-15)29(24(32)23(20)31)25-27-16-7-3-4-8-17(16)28-25/h3-13,21,30H,1-2H3,(H,27,28)/b22-20+. The highest BCUT2D eigenvalue weighted by atomic mass is 16.5. The molecule has 1 unspecified atom stereocenters. The molecular weight excluding hydrogens is 436 g/mol. The number of benzene rings is 2. The van der Waals surface area contributed by atoms with Gasteiger partial charge in [0.05, 0.1) is 36.9 Å². The van der Waals surface area contributed by atoms with Gasteiger partial charge in [-0.1, -0.05) is 18.2 Å². The number of aliphatic hydroxyl groups excluding tert-OH is 1. The fourth-order valence-corrected chi connectivity index (χ4v) is 4.10. The summed E-state index contributed by atoms with van der Waals surface area (Å²) < 4.78 is 10.6. The fraction of sp³-hybridized carbons (Fsp3) is 0.120. The number of nitrogens with zero attached hydrogens (tertiary/aromatic N) is 3. The number of aliphatic hydroxyl groups is 1. The number of hydrogen-bond donors (Lipinski definition) is 2. The number of ether oxygens (including phenoxy) is 2. The van der Waals surface area contributed by atoms with Gasteiger partial charge in [-0.15, -0.1) is 0 Å². The number of amides is 1. The first-order chi connectivity index (χ1) is 16.5. The Labute approximate surface area is 194 Å². The minimum absolute atomic E-state index is 0.0781. The Morgan fingerprint density at radius 1 is 1.03 bits per heavy atom. The molecule has 1 atom stereocenters. The molecule has 2 N–H and O–H groups in total. The highest BCUT2D eigenvalue weighted by Gasteiger charge is 2.48. The Morgan fingerprint density at radius 3 is 2.53 bits per heavy atom. The van der Waals surface area contributed by atoms with Crippen LogP contribution in [0.25, 0.3) is 16.8 Å². The number of methoxy groups -OCH3 is 2. The predicted molar refractivity (Wildman–Crippen MR) is 125 cm³/mol. The number of H-pyrrole nitrogens is 1. The molecule has 34 heavy (non-hydrogen) atoms. The van der Waals surface area contributed by atoms with Gasteiger partial charge in [0.25, 0.3) is 5.78 Å². The summed E-state index contributed by atoms with van der Waals surface area (Å²) in [5.74, 6) is -0.951. The van der Waals surface area contributed by atoms with Crippen LogP contribution in [0.1, 0.15) is 17.2 Å². The molecule has 0 aliphatic carbocycles. The van der Waals surface area contributed by atoms with E-state index in [4.69, 9.17) is 9.47 Å². The van der Waals surface area contributed by atoms with Crippen molar-refractivity contribution in [1.82, 2.24) is 15.0 Å². The Bertz CT molecular complexity index is 1410. The third kappa shape index (κ3) is 3.34. The average Bonchev–Trinajstić information content (AvgIpc) is 3.42. The minimum atomic E-state index is -0.942. The number of ketones is 1. The largest absolute Gasteiger partial charge is 0.507 e. The number of rotatable bonds is 5. The number of carbonyl (C=O) groups is 2. The second kappa shape index (κ2) is 8.36. The van der Waals surface area contributed by atoms with Crippen LogP contribution >= 0.6 is 0 Å². The van der Waals surface area contributed by atoms with Gasteiger partial charge in [-0.3, -0.25) is 19.5 Å². The lowest BCUT2D eigenvalue weighted by atomic mass is 9.96. The van der Waals surface area contributed by atoms with E-state index in [1.54, 1.807) is 48.8 Å². The van der Waals surface area contributed by atoms with Gasteiger partial charge in [-0.05, 0) is 42.0 Å². The molecule has 170 valence electrons. The van der Waals surface area contributed by atoms with Crippen molar-refractivity contribution >= 4 is 34.4 Å². The predicted octanol–water partition coefficient (Wildman–Crippen LogP) is 3.60. The van der Waals surface area contributed by atoms with Crippen molar-refractivity contribution in [2.45, 2.75) is 6.04 Å². The summed E-state index contributed by atoms with van der Waals surface area (Å²) in [5, 5.41) is 11.3. The molecule has 9 nitrogen and oxygen atoms in total. The van der Waals surface area contributed by atoms with Crippen LogP contribution in [0, 0.1) is 0 Å². The Morgan fingerprint density at radius 2 is 1.82 bits per heavy atom. The van der Waals surface area contributed by atoms with Gasteiger partial charge in [-0.25, -0.2) is 4.98 Å². The SMILES string of the molecule is COc1ccc(/C(O)=C2\C(=O)C(=O)N(c3nc4ccccc4[nH]3)C2c2cccnc2)cc1OC. The first kappa shape index (κ1) is 21.2. The number of nitrogens with one attached hydrogen (secondary N) is 1. The first-order valence-electron chi connectivity index (χ1n) is 10.4. The van der Waals surface area contributed by atoms with Crippen molar-refractivity contribution in [3.05, 3.63) is 83.7 Å². The summed E-state index contributed by atoms with van der Waals surface area (Å²) in [4.78, 5) is 39.5. The third-order valence-electron chi connectivity index (χ3n) is 5.71. The van der Waals surface area contributed by atoms with E-state index in [0.717, 1.165) is 0 Å². The molecule has 1 saturated heterocycles. The zero-order chi connectivity index (χ0) is 23.8. The maximum Gasteiger partial charge on any atom is 0.302 e. The van der Waals surface area contributed by atoms with Gasteiger partial charge in [0.2, 0.25) is 5.95 Å². The maximum atomic E-state index is 13.3. The third-order valence-corrected chi connectivity index (χ3v) is 5.71. The number of imidazole rings is 1. The van der Waals surface area contributed by atoms with E-state index in [2.05, 4.69) is 15.0 Å². The van der Waals surface area contributed by atoms with E-state index in [1.165, 1.54) is 19.1 Å². The lowest BCUT2D eigenvalue weighted by Crippen LogP contribution is -2.30. The molecule has 1 fully saturated rings. The van der Waals surface area contributed by atoms with Gasteiger partial charge in [0.1, 0.15) is 5.76 Å². The molecule has 5 rings (SSSR count). The van der Waals surface area contributed by atoms with Crippen molar-refractivity contribution < 1.29 is 24.2 Å². The van der Waals surface area contributed by atoms with E-state index in [-0.39, 0.29) is 17.3 Å². The molecule has 0 radical (unpaired) electrons. The number of carbonyl (C=O) groups excluding carboxylic acids is 2. The lowest BCUT2D eigenvalue weighted by Gasteiger charge is -2.22. The fourth-order valence-electron chi connectivity index (χ4n) is 4.10. The second-order valence-electron chi connectivity index (χ2n) is 7.60. The number of aromatic nitrogens is 3. The second-order valence-corrected chi connectivity index (χ2v) is 7.60. The molecular formula is C25H20N4O5. The Kier molecular flexibility index (Phi) is 5.21. The Hall–Kier alpha value is -4.66. The van der Waals surface area contributed by atoms with Gasteiger partial charge < -0.3 is 19.6 Å². The zero-order valence-corrected chi connectivity index (χ0v) is 18.4. The summed E-state index contributed by atoms with van der Waals surface area (Å²) in [6.07, 6.45) is 3.14. The zero-order valence-electron chi connectivity index (χ0n) is 18.4. The summed E-state index contributed by atoms with van der Waals surface area (Å²) >= 11 is 0. The van der Waals surface area contributed by atoms with Crippen LogP contribution in [0.15, 0.2) is 72.6 Å². The van der Waals surface area contributed by atoms with Crippen molar-refractivity contribution in [2.75, 3.05) is 19.1 Å². The van der Waals surface area contributed by atoms with Gasteiger partial charge in [0.15, 0.2) is 11.5 Å². The molecule has 4 aromatic rings. The van der Waals surface area contributed by atoms with E-state index in [0.29, 0.717) is 33.7 Å². The maximum absolute atomic E-state index is 13.3. The van der Waals surface area contributed by atoms with Gasteiger partial charge in [-0.2, -0.15) is 0 Å². The van der Waals surface area contributed by atoms with Crippen LogP contribution in [-0.2, 0) is 9.59 Å². The number of aromatic amines is 1. The number of Topliss-reactive ketones (excluding diaryl/α,β-unsaturated/α-hetero) is 1. The van der Waals surface area contributed by atoms with Crippen molar-refractivity contribution in [2.24, 2.45) is 0 Å². The molecule has 0 spiro atoms. The quantitative estimate of drug-likeness (QED) is 0.268. The van der Waals surface area contributed by atoms with Gasteiger partial charge >= 0.3 is 5.91 Å². The van der Waals surface area contributed by atoms with Crippen molar-refractivity contribution in [1.29, 1.82) is 0 Å². The van der Waals surface area contributed by atoms with Crippen LogP contribution in [0.4, 0.5) is 5.95 Å². The molecule has 2 aromatic carbocycles. The van der Waals surface area contributed by atoms with Crippen LogP contribution in [0.2, 0.25) is 0 Å². The number of pyridine rings is 1. The van der Waals surface area contributed by atoms with Crippen molar-refractivity contribution in [3.8, 4) is 11.5 Å². The molecule has 0 saturated carbocycles. The first-order valence-corrected chi connectivity index (χ1v) is 10.4.